The van der Waals surface area contributed by atoms with Gasteiger partial charge >= 0.3 is 0 Å². The Morgan fingerprint density at radius 2 is 1.88 bits per heavy atom. The van der Waals surface area contributed by atoms with Gasteiger partial charge in [-0.05, 0) is 19.8 Å². The second-order valence-electron chi connectivity index (χ2n) is 5.82. The molecule has 0 bridgehead atoms. The minimum atomic E-state index is -1.18. The second-order valence-corrected chi connectivity index (χ2v) is 11.2. The van der Waals surface area contributed by atoms with Gasteiger partial charge in [0.25, 0.3) is 0 Å². The third-order valence-electron chi connectivity index (χ3n) is 2.93. The van der Waals surface area contributed by atoms with Gasteiger partial charge < -0.3 is 4.74 Å². The number of rotatable bonds is 9. The van der Waals surface area contributed by atoms with Gasteiger partial charge in [-0.2, -0.15) is 0 Å². The highest BCUT2D eigenvalue weighted by Crippen LogP contribution is 2.20. The third kappa shape index (κ3) is 7.23. The molecule has 0 aliphatic heterocycles. The highest BCUT2D eigenvalue weighted by atomic mass is 28.3. The molecule has 0 heterocycles. The van der Waals surface area contributed by atoms with E-state index in [2.05, 4.69) is 40.1 Å². The Kier molecular flexibility index (Phi) is 8.03. The van der Waals surface area contributed by atoms with E-state index in [-0.39, 0.29) is 0 Å². The van der Waals surface area contributed by atoms with Gasteiger partial charge in [-0.15, -0.1) is 6.58 Å². The van der Waals surface area contributed by atoms with E-state index >= 15 is 0 Å². The first-order chi connectivity index (χ1) is 7.41. The van der Waals surface area contributed by atoms with Crippen LogP contribution in [0, 0.1) is 0 Å². The molecule has 16 heavy (non-hydrogen) atoms. The van der Waals surface area contributed by atoms with Crippen LogP contribution in [0.25, 0.3) is 0 Å². The molecule has 2 atom stereocenters. The molecule has 0 unspecified atom stereocenters. The molecular weight excluding hydrogens is 212 g/mol. The fourth-order valence-corrected chi connectivity index (χ4v) is 3.57. The first kappa shape index (κ1) is 15.9. The molecule has 0 aromatic heterocycles. The molecule has 0 fully saturated rings. The van der Waals surface area contributed by atoms with Crippen LogP contribution < -0.4 is 0 Å². The predicted octanol–water partition coefficient (Wildman–Crippen LogP) is 4.79. The van der Waals surface area contributed by atoms with Crippen molar-refractivity contribution in [2.75, 3.05) is 0 Å². The van der Waals surface area contributed by atoms with Gasteiger partial charge in [0, 0.05) is 5.73 Å². The maximum absolute atomic E-state index is 6.19. The van der Waals surface area contributed by atoms with E-state index in [0.717, 1.165) is 6.42 Å². The zero-order valence-electron chi connectivity index (χ0n) is 11.9. The summed E-state index contributed by atoms with van der Waals surface area (Å²) < 4.78 is 6.19. The van der Waals surface area contributed by atoms with Crippen molar-refractivity contribution in [3.63, 3.8) is 0 Å². The molecule has 0 rings (SSSR count). The topological polar surface area (TPSA) is 9.23 Å². The van der Waals surface area contributed by atoms with Crippen LogP contribution in [0.2, 0.25) is 19.6 Å². The summed E-state index contributed by atoms with van der Waals surface area (Å²) in [5, 5.41) is 0. The fourth-order valence-electron chi connectivity index (χ4n) is 1.86. The molecule has 0 radical (unpaired) electrons. The van der Waals surface area contributed by atoms with E-state index in [1.54, 1.807) is 0 Å². The van der Waals surface area contributed by atoms with Gasteiger partial charge in [0.05, 0.1) is 14.2 Å². The Balaban J connectivity index is 4.15. The molecule has 0 saturated carbocycles. The van der Waals surface area contributed by atoms with Crippen LogP contribution in [0.3, 0.4) is 0 Å². The quantitative estimate of drug-likeness (QED) is 0.321. The van der Waals surface area contributed by atoms with Crippen LogP contribution in [-0.4, -0.2) is 19.9 Å². The summed E-state index contributed by atoms with van der Waals surface area (Å²) in [5.41, 5.74) is 0.508. The van der Waals surface area contributed by atoms with Gasteiger partial charge in [-0.25, -0.2) is 0 Å². The first-order valence-corrected chi connectivity index (χ1v) is 10.3. The standard InChI is InChI=1S/C14H30OSi/c1-7-9-10-12-14(16(4,5)6)15-13(3)11-8-2/h8,13-14H,2,7,9-12H2,1,3-6H3/t13-,14-/m1/s1. The number of ether oxygens (including phenoxy) is 1. The van der Waals surface area contributed by atoms with E-state index in [1.165, 1.54) is 25.7 Å². The lowest BCUT2D eigenvalue weighted by atomic mass is 10.2. The fraction of sp³-hybridized carbons (Fsp3) is 0.857. The van der Waals surface area contributed by atoms with Crippen LogP contribution in [0.4, 0.5) is 0 Å². The molecule has 0 spiro atoms. The molecule has 0 aliphatic rings. The molecule has 0 aromatic carbocycles. The summed E-state index contributed by atoms with van der Waals surface area (Å²) in [5.74, 6) is 0. The minimum Gasteiger partial charge on any atom is -0.378 e. The van der Waals surface area contributed by atoms with Crippen molar-refractivity contribution in [2.24, 2.45) is 0 Å². The van der Waals surface area contributed by atoms with Crippen molar-refractivity contribution in [1.29, 1.82) is 0 Å². The smallest absolute Gasteiger partial charge is 0.0785 e. The first-order valence-electron chi connectivity index (χ1n) is 6.68. The van der Waals surface area contributed by atoms with Crippen molar-refractivity contribution < 1.29 is 4.74 Å². The van der Waals surface area contributed by atoms with Crippen molar-refractivity contribution in [3.8, 4) is 0 Å². The molecule has 0 N–H and O–H groups in total. The zero-order valence-corrected chi connectivity index (χ0v) is 12.9. The molecule has 0 saturated heterocycles. The molecule has 1 nitrogen and oxygen atoms in total. The summed E-state index contributed by atoms with van der Waals surface area (Å²) >= 11 is 0. The molecule has 0 aliphatic carbocycles. The Labute approximate surface area is 103 Å². The second kappa shape index (κ2) is 8.07. The molecule has 0 aromatic rings. The molecule has 2 heteroatoms. The Hall–Kier alpha value is -0.0831. The van der Waals surface area contributed by atoms with Crippen LogP contribution in [0.5, 0.6) is 0 Å². The monoisotopic (exact) mass is 242 g/mol. The number of unbranched alkanes of at least 4 members (excludes halogenated alkanes) is 2. The molecule has 96 valence electrons. The highest BCUT2D eigenvalue weighted by molar-refractivity contribution is 6.77. The summed E-state index contributed by atoms with van der Waals surface area (Å²) in [6.07, 6.45) is 8.43. The summed E-state index contributed by atoms with van der Waals surface area (Å²) in [4.78, 5) is 0. The molecule has 0 amide bonds. The maximum atomic E-state index is 6.19. The predicted molar refractivity (Wildman–Crippen MR) is 76.6 cm³/mol. The van der Waals surface area contributed by atoms with Gasteiger partial charge in [0.15, 0.2) is 0 Å². The van der Waals surface area contributed by atoms with E-state index in [1.807, 2.05) is 6.08 Å². The van der Waals surface area contributed by atoms with Gasteiger partial charge in [-0.1, -0.05) is 51.9 Å². The van der Waals surface area contributed by atoms with Crippen LogP contribution in [0.1, 0.15) is 46.0 Å². The van der Waals surface area contributed by atoms with E-state index in [9.17, 15) is 0 Å². The highest BCUT2D eigenvalue weighted by Gasteiger charge is 2.28. The average Bonchev–Trinajstić information content (AvgIpc) is 2.15. The SMILES string of the molecule is C=CC[C@@H](C)O[C@@H](CCCCC)[Si](C)(C)C. The van der Waals surface area contributed by atoms with E-state index in [0.29, 0.717) is 11.8 Å². The van der Waals surface area contributed by atoms with Crippen LogP contribution >= 0.6 is 0 Å². The third-order valence-corrected chi connectivity index (χ3v) is 5.29. The summed E-state index contributed by atoms with van der Waals surface area (Å²) in [6, 6.07) is 0. The normalized spacial score (nSPS) is 15.8. The van der Waals surface area contributed by atoms with Crippen molar-refractivity contribution in [3.05, 3.63) is 12.7 Å². The van der Waals surface area contributed by atoms with Gasteiger partial charge in [0.1, 0.15) is 0 Å². The van der Waals surface area contributed by atoms with Crippen molar-refractivity contribution in [2.45, 2.75) is 77.4 Å². The van der Waals surface area contributed by atoms with Crippen molar-refractivity contribution >= 4 is 8.07 Å². The Morgan fingerprint density at radius 3 is 2.31 bits per heavy atom. The van der Waals surface area contributed by atoms with Gasteiger partial charge in [-0.3, -0.25) is 0 Å². The summed E-state index contributed by atoms with van der Waals surface area (Å²) in [6.45, 7) is 15.4. The lowest BCUT2D eigenvalue weighted by Crippen LogP contribution is -2.42. The number of hydrogen-bond acceptors (Lipinski definition) is 1. The average molecular weight is 242 g/mol. The van der Waals surface area contributed by atoms with E-state index in [4.69, 9.17) is 4.74 Å². The van der Waals surface area contributed by atoms with Crippen LogP contribution in [-0.2, 0) is 4.74 Å². The van der Waals surface area contributed by atoms with E-state index < -0.39 is 8.07 Å². The molecular formula is C14H30OSi. The minimum absolute atomic E-state index is 0.329. The van der Waals surface area contributed by atoms with Crippen molar-refractivity contribution in [1.82, 2.24) is 0 Å². The zero-order chi connectivity index (χ0) is 12.6. The van der Waals surface area contributed by atoms with Gasteiger partial charge in [0.2, 0.25) is 0 Å². The Bertz CT molecular complexity index is 184. The lowest BCUT2D eigenvalue weighted by molar-refractivity contribution is 0.0332. The maximum Gasteiger partial charge on any atom is 0.0785 e. The summed E-state index contributed by atoms with van der Waals surface area (Å²) in [7, 11) is -1.18. The lowest BCUT2D eigenvalue weighted by Gasteiger charge is -2.31. The largest absolute Gasteiger partial charge is 0.378 e. The van der Waals surface area contributed by atoms with Crippen LogP contribution in [0.15, 0.2) is 12.7 Å². The number of hydrogen-bond donors (Lipinski definition) is 0. The Morgan fingerprint density at radius 1 is 1.25 bits per heavy atom.